The molecule has 0 bridgehead atoms. The van der Waals surface area contributed by atoms with E-state index in [0.29, 0.717) is 13.0 Å². The van der Waals surface area contributed by atoms with E-state index in [-0.39, 0.29) is 32.0 Å². The van der Waals surface area contributed by atoms with E-state index in [0.717, 1.165) is 51.4 Å². The number of hydrogen-bond donors (Lipinski definition) is 1. The molecule has 0 saturated heterocycles. The highest BCUT2D eigenvalue weighted by Gasteiger charge is 2.26. The van der Waals surface area contributed by atoms with Crippen LogP contribution in [0.5, 0.6) is 0 Å². The number of likely N-dealkylation sites (N-methyl/N-ethyl adjacent to an activating group) is 1. The number of esters is 2. The standard InChI is InChI=1S/C41H78NO8P/c1-5-7-9-11-13-15-17-18-19-20-21-22-24-25-27-29-31-33-40(43)47-37-39(38-49-51(45,46)48-36-35-42(3)4)50-41(44)34-32-30-28-26-23-16-14-12-10-8-6-2/h13,15,18-19,39H,5-12,14,16-17,20-38H2,1-4H3,(H,45,46)/b15-13-,19-18-. The van der Waals surface area contributed by atoms with Crippen LogP contribution in [-0.2, 0) is 32.7 Å². The van der Waals surface area contributed by atoms with Gasteiger partial charge in [0.2, 0.25) is 0 Å². The van der Waals surface area contributed by atoms with E-state index in [2.05, 4.69) is 38.2 Å². The van der Waals surface area contributed by atoms with Crippen LogP contribution in [0.3, 0.4) is 0 Å². The van der Waals surface area contributed by atoms with Gasteiger partial charge in [-0.1, -0.05) is 147 Å². The summed E-state index contributed by atoms with van der Waals surface area (Å²) in [5.41, 5.74) is 0. The van der Waals surface area contributed by atoms with Gasteiger partial charge in [0.15, 0.2) is 6.10 Å². The van der Waals surface area contributed by atoms with Crippen molar-refractivity contribution in [3.8, 4) is 0 Å². The molecule has 0 aromatic rings. The van der Waals surface area contributed by atoms with Crippen LogP contribution in [-0.4, -0.2) is 68.3 Å². The topological polar surface area (TPSA) is 112 Å². The molecule has 0 aliphatic heterocycles. The minimum absolute atomic E-state index is 0.00772. The molecule has 0 aromatic carbocycles. The SMILES string of the molecule is CCCCC/C=C\C/C=C\CCCCCCCCCC(=O)OCC(COP(=O)(O)OCCN(C)C)OC(=O)CCCCCCCCCCCCC. The fourth-order valence-corrected chi connectivity index (χ4v) is 6.28. The van der Waals surface area contributed by atoms with Crippen molar-refractivity contribution in [3.05, 3.63) is 24.3 Å². The van der Waals surface area contributed by atoms with Crippen molar-refractivity contribution >= 4 is 19.8 Å². The molecule has 0 radical (unpaired) electrons. The zero-order chi connectivity index (χ0) is 37.7. The molecule has 2 atom stereocenters. The van der Waals surface area contributed by atoms with E-state index in [1.807, 2.05) is 19.0 Å². The van der Waals surface area contributed by atoms with Gasteiger partial charge >= 0.3 is 19.8 Å². The number of phosphoric ester groups is 1. The van der Waals surface area contributed by atoms with Gasteiger partial charge in [-0.2, -0.15) is 0 Å². The normalized spacial score (nSPS) is 13.7. The average molecular weight is 744 g/mol. The molecule has 0 amide bonds. The van der Waals surface area contributed by atoms with Gasteiger partial charge in [0.1, 0.15) is 6.61 Å². The van der Waals surface area contributed by atoms with Crippen LogP contribution < -0.4 is 0 Å². The van der Waals surface area contributed by atoms with Crippen molar-refractivity contribution in [2.75, 3.05) is 40.5 Å². The molecule has 300 valence electrons. The molecule has 10 heteroatoms. The largest absolute Gasteiger partial charge is 0.472 e. The second kappa shape index (κ2) is 36.8. The predicted molar refractivity (Wildman–Crippen MR) is 211 cm³/mol. The van der Waals surface area contributed by atoms with Crippen molar-refractivity contribution < 1.29 is 37.6 Å². The molecule has 51 heavy (non-hydrogen) atoms. The Morgan fingerprint density at radius 2 is 1.06 bits per heavy atom. The van der Waals surface area contributed by atoms with Gasteiger partial charge in [0.05, 0.1) is 13.2 Å². The Kier molecular flexibility index (Phi) is 35.7. The summed E-state index contributed by atoms with van der Waals surface area (Å²) >= 11 is 0. The number of carbonyl (C=O) groups is 2. The highest BCUT2D eigenvalue weighted by molar-refractivity contribution is 7.47. The summed E-state index contributed by atoms with van der Waals surface area (Å²) in [5, 5.41) is 0. The van der Waals surface area contributed by atoms with Crippen molar-refractivity contribution in [2.45, 2.75) is 187 Å². The predicted octanol–water partition coefficient (Wildman–Crippen LogP) is 11.4. The second-order valence-corrected chi connectivity index (χ2v) is 15.6. The fourth-order valence-electron chi connectivity index (χ4n) is 5.54. The Labute approximate surface area is 313 Å². The fraction of sp³-hybridized carbons (Fsp3) is 0.854. The lowest BCUT2D eigenvalue weighted by atomic mass is 10.1. The van der Waals surface area contributed by atoms with Crippen molar-refractivity contribution in [1.29, 1.82) is 0 Å². The Morgan fingerprint density at radius 1 is 0.608 bits per heavy atom. The molecule has 0 aliphatic carbocycles. The van der Waals surface area contributed by atoms with Gasteiger partial charge in [-0.05, 0) is 59.0 Å². The summed E-state index contributed by atoms with van der Waals surface area (Å²) in [5.74, 6) is -0.809. The minimum atomic E-state index is -4.35. The van der Waals surface area contributed by atoms with Crippen molar-refractivity contribution in [2.24, 2.45) is 0 Å². The molecule has 0 fully saturated rings. The first kappa shape index (κ1) is 49.5. The second-order valence-electron chi connectivity index (χ2n) is 14.2. The minimum Gasteiger partial charge on any atom is -0.462 e. The molecule has 0 spiro atoms. The van der Waals surface area contributed by atoms with E-state index in [4.69, 9.17) is 18.5 Å². The smallest absolute Gasteiger partial charge is 0.462 e. The molecule has 9 nitrogen and oxygen atoms in total. The van der Waals surface area contributed by atoms with Crippen LogP contribution in [0.25, 0.3) is 0 Å². The third-order valence-corrected chi connectivity index (χ3v) is 9.75. The zero-order valence-electron chi connectivity index (χ0n) is 33.3. The summed E-state index contributed by atoms with van der Waals surface area (Å²) in [6.07, 6.45) is 36.4. The third-order valence-electron chi connectivity index (χ3n) is 8.76. The van der Waals surface area contributed by atoms with Crippen LogP contribution in [0, 0.1) is 0 Å². The summed E-state index contributed by atoms with van der Waals surface area (Å²) in [6, 6.07) is 0. The number of unbranched alkanes of at least 4 members (excludes halogenated alkanes) is 20. The molecule has 0 aromatic heterocycles. The number of carbonyl (C=O) groups excluding carboxylic acids is 2. The lowest BCUT2D eigenvalue weighted by Gasteiger charge is -2.20. The molecule has 2 unspecified atom stereocenters. The van der Waals surface area contributed by atoms with Gasteiger partial charge in [-0.3, -0.25) is 18.6 Å². The number of rotatable bonds is 38. The van der Waals surface area contributed by atoms with Crippen LogP contribution >= 0.6 is 7.82 Å². The molecular formula is C41H78NO8P. The first-order valence-electron chi connectivity index (χ1n) is 20.6. The first-order chi connectivity index (χ1) is 24.7. The van der Waals surface area contributed by atoms with Crippen LogP contribution in [0.15, 0.2) is 24.3 Å². The van der Waals surface area contributed by atoms with Gasteiger partial charge in [0.25, 0.3) is 0 Å². The summed E-state index contributed by atoms with van der Waals surface area (Å²) in [4.78, 5) is 36.9. The molecule has 1 N–H and O–H groups in total. The lowest BCUT2D eigenvalue weighted by Crippen LogP contribution is -2.29. The van der Waals surface area contributed by atoms with Gasteiger partial charge in [-0.15, -0.1) is 0 Å². The maximum atomic E-state index is 12.6. The summed E-state index contributed by atoms with van der Waals surface area (Å²) in [7, 11) is -0.709. The van der Waals surface area contributed by atoms with Gasteiger partial charge < -0.3 is 19.3 Å². The quantitative estimate of drug-likeness (QED) is 0.0286. The Balaban J connectivity index is 4.29. The van der Waals surface area contributed by atoms with E-state index < -0.39 is 26.5 Å². The lowest BCUT2D eigenvalue weighted by molar-refractivity contribution is -0.161. The highest BCUT2D eigenvalue weighted by Crippen LogP contribution is 2.43. The molecule has 0 heterocycles. The number of nitrogens with zero attached hydrogens (tertiary/aromatic N) is 1. The van der Waals surface area contributed by atoms with Crippen LogP contribution in [0.4, 0.5) is 0 Å². The van der Waals surface area contributed by atoms with Crippen molar-refractivity contribution in [3.63, 3.8) is 0 Å². The number of ether oxygens (including phenoxy) is 2. The summed E-state index contributed by atoms with van der Waals surface area (Å²) in [6.45, 7) is 4.28. The monoisotopic (exact) mass is 744 g/mol. The average Bonchev–Trinajstić information content (AvgIpc) is 3.09. The van der Waals surface area contributed by atoms with Crippen LogP contribution in [0.1, 0.15) is 181 Å². The molecule has 0 aliphatic rings. The van der Waals surface area contributed by atoms with Gasteiger partial charge in [-0.25, -0.2) is 4.57 Å². The maximum Gasteiger partial charge on any atom is 0.472 e. The van der Waals surface area contributed by atoms with Gasteiger partial charge in [0, 0.05) is 19.4 Å². The maximum absolute atomic E-state index is 12.6. The number of hydrogen-bond acceptors (Lipinski definition) is 8. The van der Waals surface area contributed by atoms with E-state index >= 15 is 0 Å². The summed E-state index contributed by atoms with van der Waals surface area (Å²) < 4.78 is 33.4. The van der Waals surface area contributed by atoms with Crippen molar-refractivity contribution in [1.82, 2.24) is 4.90 Å². The number of allylic oxidation sites excluding steroid dienone is 4. The molecule has 0 saturated carbocycles. The molecular weight excluding hydrogens is 665 g/mol. The number of phosphoric acid groups is 1. The van der Waals surface area contributed by atoms with E-state index in [1.54, 1.807) is 0 Å². The Bertz CT molecular complexity index is 910. The third kappa shape index (κ3) is 38.0. The highest BCUT2D eigenvalue weighted by atomic mass is 31.2. The molecule has 0 rings (SSSR count). The Hall–Kier alpha value is -1.51. The van der Waals surface area contributed by atoms with E-state index in [9.17, 15) is 19.0 Å². The first-order valence-corrected chi connectivity index (χ1v) is 22.1. The zero-order valence-corrected chi connectivity index (χ0v) is 34.2. The van der Waals surface area contributed by atoms with Crippen LogP contribution in [0.2, 0.25) is 0 Å². The van der Waals surface area contributed by atoms with E-state index in [1.165, 1.54) is 96.3 Å². The Morgan fingerprint density at radius 3 is 1.59 bits per heavy atom.